The SMILES string of the molecule is CCn1cc(-c2ccnc(Nc3ccc(S(=O)(=O)N(C)C4CCNCC4)cc3)n2)c(-c2cccnc2)n1. The van der Waals surface area contributed by atoms with Crippen LogP contribution in [0.4, 0.5) is 11.6 Å². The largest absolute Gasteiger partial charge is 0.324 e. The predicted molar refractivity (Wildman–Crippen MR) is 143 cm³/mol. The quantitative estimate of drug-likeness (QED) is 0.364. The molecule has 1 aliphatic heterocycles. The average molecular weight is 519 g/mol. The van der Waals surface area contributed by atoms with Crippen molar-refractivity contribution in [1.82, 2.24) is 34.4 Å². The third-order valence-corrected chi connectivity index (χ3v) is 8.49. The van der Waals surface area contributed by atoms with Crippen LogP contribution in [-0.2, 0) is 16.6 Å². The summed E-state index contributed by atoms with van der Waals surface area (Å²) in [6.45, 7) is 4.42. The maximum absolute atomic E-state index is 13.1. The smallest absolute Gasteiger partial charge is 0.243 e. The second kappa shape index (κ2) is 10.8. The molecule has 1 aromatic carbocycles. The van der Waals surface area contributed by atoms with Crippen molar-refractivity contribution in [1.29, 1.82) is 0 Å². The van der Waals surface area contributed by atoms with Crippen LogP contribution in [0.1, 0.15) is 19.8 Å². The minimum Gasteiger partial charge on any atom is -0.324 e. The van der Waals surface area contributed by atoms with Crippen molar-refractivity contribution in [2.24, 2.45) is 0 Å². The Labute approximate surface area is 216 Å². The summed E-state index contributed by atoms with van der Waals surface area (Å²) in [4.78, 5) is 13.5. The Morgan fingerprint density at radius 3 is 2.59 bits per heavy atom. The molecule has 3 aromatic heterocycles. The van der Waals surface area contributed by atoms with Crippen molar-refractivity contribution >= 4 is 21.7 Å². The van der Waals surface area contributed by atoms with Gasteiger partial charge in [0.15, 0.2) is 0 Å². The van der Waals surface area contributed by atoms with Gasteiger partial charge in [0.25, 0.3) is 0 Å². The van der Waals surface area contributed by atoms with E-state index in [1.54, 1.807) is 49.9 Å². The number of aryl methyl sites for hydroxylation is 1. The molecule has 4 aromatic rings. The molecular weight excluding hydrogens is 488 g/mol. The Hall–Kier alpha value is -3.67. The highest BCUT2D eigenvalue weighted by Crippen LogP contribution is 2.30. The lowest BCUT2D eigenvalue weighted by Gasteiger charge is -2.30. The molecule has 0 saturated carbocycles. The first kappa shape index (κ1) is 25.0. The van der Waals surface area contributed by atoms with Crippen molar-refractivity contribution in [3.05, 3.63) is 67.3 Å². The number of nitrogens with zero attached hydrogens (tertiary/aromatic N) is 6. The molecule has 0 spiro atoms. The van der Waals surface area contributed by atoms with Gasteiger partial charge in [0, 0.05) is 61.2 Å². The molecule has 0 unspecified atom stereocenters. The number of hydrogen-bond donors (Lipinski definition) is 2. The van der Waals surface area contributed by atoms with E-state index in [0.717, 1.165) is 55.0 Å². The number of benzene rings is 1. The van der Waals surface area contributed by atoms with Gasteiger partial charge in [-0.2, -0.15) is 9.40 Å². The lowest BCUT2D eigenvalue weighted by atomic mass is 10.1. The van der Waals surface area contributed by atoms with E-state index in [9.17, 15) is 8.42 Å². The van der Waals surface area contributed by atoms with Crippen LogP contribution >= 0.6 is 0 Å². The zero-order chi connectivity index (χ0) is 25.8. The first-order valence-electron chi connectivity index (χ1n) is 12.3. The van der Waals surface area contributed by atoms with Crippen LogP contribution < -0.4 is 10.6 Å². The van der Waals surface area contributed by atoms with Gasteiger partial charge in [0.2, 0.25) is 16.0 Å². The molecule has 4 heterocycles. The van der Waals surface area contributed by atoms with Crippen LogP contribution in [0.5, 0.6) is 0 Å². The first-order chi connectivity index (χ1) is 18.0. The van der Waals surface area contributed by atoms with E-state index in [1.165, 1.54) is 4.31 Å². The molecule has 0 aliphatic carbocycles. The molecule has 10 nitrogen and oxygen atoms in total. The fraction of sp³-hybridized carbons (Fsp3) is 0.308. The molecule has 11 heteroatoms. The van der Waals surface area contributed by atoms with Gasteiger partial charge in [0.1, 0.15) is 5.69 Å². The summed E-state index contributed by atoms with van der Waals surface area (Å²) in [5.74, 6) is 0.404. The second-order valence-corrected chi connectivity index (χ2v) is 10.9. The van der Waals surface area contributed by atoms with Crippen LogP contribution in [0.25, 0.3) is 22.5 Å². The highest BCUT2D eigenvalue weighted by Gasteiger charge is 2.29. The number of hydrogen-bond acceptors (Lipinski definition) is 8. The molecule has 2 N–H and O–H groups in total. The van der Waals surface area contributed by atoms with Crippen molar-refractivity contribution in [2.75, 3.05) is 25.5 Å². The van der Waals surface area contributed by atoms with E-state index in [4.69, 9.17) is 10.1 Å². The third kappa shape index (κ3) is 5.38. The predicted octanol–water partition coefficient (Wildman–Crippen LogP) is 3.54. The highest BCUT2D eigenvalue weighted by molar-refractivity contribution is 7.89. The summed E-state index contributed by atoms with van der Waals surface area (Å²) < 4.78 is 29.6. The van der Waals surface area contributed by atoms with Gasteiger partial charge in [-0.05, 0) is 75.3 Å². The van der Waals surface area contributed by atoms with Gasteiger partial charge in [-0.3, -0.25) is 9.67 Å². The van der Waals surface area contributed by atoms with Gasteiger partial charge < -0.3 is 10.6 Å². The third-order valence-electron chi connectivity index (χ3n) is 6.56. The number of piperidine rings is 1. The summed E-state index contributed by atoms with van der Waals surface area (Å²) in [6.07, 6.45) is 8.78. The van der Waals surface area contributed by atoms with E-state index in [-0.39, 0.29) is 10.9 Å². The summed E-state index contributed by atoms with van der Waals surface area (Å²) in [7, 11) is -1.91. The number of aromatic nitrogens is 5. The summed E-state index contributed by atoms with van der Waals surface area (Å²) in [5, 5.41) is 11.2. The minimum absolute atomic E-state index is 0.00816. The maximum atomic E-state index is 13.1. The summed E-state index contributed by atoms with van der Waals surface area (Å²) >= 11 is 0. The molecular formula is C26H30N8O2S. The van der Waals surface area contributed by atoms with Gasteiger partial charge in [-0.1, -0.05) is 0 Å². The van der Waals surface area contributed by atoms with E-state index in [1.807, 2.05) is 36.0 Å². The Balaban J connectivity index is 1.36. The standard InChI is InChI=1S/C26H30N8O2S/c1-3-34-18-23(25(32-34)19-5-4-13-28-17-19)24-12-16-29-26(31-24)30-20-6-8-22(9-7-20)37(35,36)33(2)21-10-14-27-15-11-21/h4-9,12-13,16-18,21,27H,3,10-11,14-15H2,1-2H3,(H,29,30,31). The van der Waals surface area contributed by atoms with Gasteiger partial charge in [-0.25, -0.2) is 18.4 Å². The topological polar surface area (TPSA) is 118 Å². The lowest BCUT2D eigenvalue weighted by molar-refractivity contribution is 0.296. The summed E-state index contributed by atoms with van der Waals surface area (Å²) in [6, 6.07) is 12.4. The van der Waals surface area contributed by atoms with Crippen molar-refractivity contribution < 1.29 is 8.42 Å². The molecule has 0 radical (unpaired) electrons. The number of pyridine rings is 1. The van der Waals surface area contributed by atoms with Crippen LogP contribution in [-0.4, -0.2) is 63.6 Å². The van der Waals surface area contributed by atoms with Gasteiger partial charge in [-0.15, -0.1) is 0 Å². The zero-order valence-electron chi connectivity index (χ0n) is 20.9. The Kier molecular flexibility index (Phi) is 7.26. The fourth-order valence-electron chi connectivity index (χ4n) is 4.43. The van der Waals surface area contributed by atoms with Crippen LogP contribution in [0, 0.1) is 0 Å². The minimum atomic E-state index is -3.57. The highest BCUT2D eigenvalue weighted by atomic mass is 32.2. The number of nitrogens with one attached hydrogen (secondary N) is 2. The van der Waals surface area contributed by atoms with E-state index >= 15 is 0 Å². The molecule has 37 heavy (non-hydrogen) atoms. The fourth-order valence-corrected chi connectivity index (χ4v) is 5.84. The first-order valence-corrected chi connectivity index (χ1v) is 13.8. The normalized spacial score (nSPS) is 14.7. The molecule has 192 valence electrons. The molecule has 0 amide bonds. The Morgan fingerprint density at radius 2 is 1.89 bits per heavy atom. The van der Waals surface area contributed by atoms with Crippen LogP contribution in [0.15, 0.2) is 72.1 Å². The number of anilines is 2. The van der Waals surface area contributed by atoms with Gasteiger partial charge in [0.05, 0.1) is 10.6 Å². The average Bonchev–Trinajstić information content (AvgIpc) is 3.39. The van der Waals surface area contributed by atoms with Crippen molar-refractivity contribution in [2.45, 2.75) is 37.2 Å². The van der Waals surface area contributed by atoms with E-state index < -0.39 is 10.0 Å². The number of rotatable bonds is 8. The van der Waals surface area contributed by atoms with Gasteiger partial charge >= 0.3 is 0 Å². The Morgan fingerprint density at radius 1 is 1.11 bits per heavy atom. The molecule has 1 aliphatic rings. The maximum Gasteiger partial charge on any atom is 0.243 e. The molecule has 1 fully saturated rings. The molecule has 0 atom stereocenters. The lowest BCUT2D eigenvalue weighted by Crippen LogP contribution is -2.43. The monoisotopic (exact) mass is 518 g/mol. The molecule has 5 rings (SSSR count). The van der Waals surface area contributed by atoms with Crippen LogP contribution in [0.3, 0.4) is 0 Å². The van der Waals surface area contributed by atoms with E-state index in [0.29, 0.717) is 11.6 Å². The number of sulfonamides is 1. The zero-order valence-corrected chi connectivity index (χ0v) is 21.7. The van der Waals surface area contributed by atoms with Crippen LogP contribution in [0.2, 0.25) is 0 Å². The summed E-state index contributed by atoms with van der Waals surface area (Å²) in [5.41, 5.74) is 4.00. The van der Waals surface area contributed by atoms with Crippen molar-refractivity contribution in [3.63, 3.8) is 0 Å². The van der Waals surface area contributed by atoms with E-state index in [2.05, 4.69) is 20.6 Å². The molecule has 1 saturated heterocycles. The Bertz CT molecular complexity index is 1450. The van der Waals surface area contributed by atoms with Crippen molar-refractivity contribution in [3.8, 4) is 22.5 Å². The molecule has 0 bridgehead atoms. The second-order valence-electron chi connectivity index (χ2n) is 8.91.